The predicted octanol–water partition coefficient (Wildman–Crippen LogP) is 1.93. The van der Waals surface area contributed by atoms with Gasteiger partial charge in [-0.15, -0.1) is 0 Å². The van der Waals surface area contributed by atoms with E-state index in [1.54, 1.807) is 4.68 Å². The van der Waals surface area contributed by atoms with Gasteiger partial charge in [-0.1, -0.05) is 17.3 Å². The van der Waals surface area contributed by atoms with E-state index in [2.05, 4.69) is 10.3 Å². The Hall–Kier alpha value is -2.63. The summed E-state index contributed by atoms with van der Waals surface area (Å²) in [5, 5.41) is 17.6. The van der Waals surface area contributed by atoms with Crippen LogP contribution < -0.4 is 0 Å². The molecule has 0 saturated heterocycles. The van der Waals surface area contributed by atoms with Crippen molar-refractivity contribution < 1.29 is 14.4 Å². The van der Waals surface area contributed by atoms with Gasteiger partial charge in [0.15, 0.2) is 11.5 Å². The number of aryl methyl sites for hydroxylation is 1. The molecule has 18 heavy (non-hydrogen) atoms. The summed E-state index contributed by atoms with van der Waals surface area (Å²) in [6.45, 7) is 0. The van der Waals surface area contributed by atoms with E-state index in [0.29, 0.717) is 5.76 Å². The van der Waals surface area contributed by atoms with Crippen LogP contribution in [0.5, 0.6) is 0 Å². The van der Waals surface area contributed by atoms with Crippen molar-refractivity contribution in [3.63, 3.8) is 0 Å². The lowest BCUT2D eigenvalue weighted by molar-refractivity contribution is 0.0686. The molecule has 1 aromatic carbocycles. The first-order valence-electron chi connectivity index (χ1n) is 5.27. The molecule has 0 bridgehead atoms. The summed E-state index contributed by atoms with van der Waals surface area (Å²) in [7, 11) is 1.84. The van der Waals surface area contributed by atoms with Crippen molar-refractivity contribution in [2.45, 2.75) is 0 Å². The molecule has 0 aliphatic rings. The third kappa shape index (κ3) is 1.64. The van der Waals surface area contributed by atoms with Crippen LogP contribution in [-0.2, 0) is 7.05 Å². The fourth-order valence-electron chi connectivity index (χ4n) is 1.80. The first-order chi connectivity index (χ1) is 8.63. The Morgan fingerprint density at radius 2 is 2.22 bits per heavy atom. The average molecular weight is 243 g/mol. The normalized spacial score (nSPS) is 10.9. The number of hydrogen-bond acceptors (Lipinski definition) is 4. The molecule has 0 aliphatic carbocycles. The number of rotatable bonds is 2. The van der Waals surface area contributed by atoms with E-state index in [1.165, 1.54) is 6.07 Å². The summed E-state index contributed by atoms with van der Waals surface area (Å²) in [5.41, 5.74) is 1.47. The molecule has 0 unspecified atom stereocenters. The van der Waals surface area contributed by atoms with Gasteiger partial charge in [-0.3, -0.25) is 4.68 Å². The average Bonchev–Trinajstić information content (AvgIpc) is 2.91. The highest BCUT2D eigenvalue weighted by Crippen LogP contribution is 2.24. The largest absolute Gasteiger partial charge is 0.476 e. The Morgan fingerprint density at radius 1 is 1.39 bits per heavy atom. The summed E-state index contributed by atoms with van der Waals surface area (Å²) >= 11 is 0. The van der Waals surface area contributed by atoms with Gasteiger partial charge in [0.05, 0.1) is 5.52 Å². The van der Waals surface area contributed by atoms with Crippen molar-refractivity contribution in [2.24, 2.45) is 7.05 Å². The van der Waals surface area contributed by atoms with Gasteiger partial charge in [-0.25, -0.2) is 4.79 Å². The van der Waals surface area contributed by atoms with Gasteiger partial charge in [-0.05, 0) is 6.07 Å². The van der Waals surface area contributed by atoms with E-state index in [4.69, 9.17) is 9.63 Å². The number of carbonyl (C=O) groups is 1. The van der Waals surface area contributed by atoms with Crippen LogP contribution >= 0.6 is 0 Å². The first-order valence-corrected chi connectivity index (χ1v) is 5.27. The Labute approximate surface area is 101 Å². The van der Waals surface area contributed by atoms with E-state index >= 15 is 0 Å². The van der Waals surface area contributed by atoms with Gasteiger partial charge in [-0.2, -0.15) is 5.10 Å². The maximum Gasteiger partial charge on any atom is 0.358 e. The van der Waals surface area contributed by atoms with E-state index in [0.717, 1.165) is 16.5 Å². The minimum absolute atomic E-state index is 0.105. The number of aromatic carboxylic acids is 1. The minimum atomic E-state index is -1.11. The van der Waals surface area contributed by atoms with E-state index in [1.807, 2.05) is 31.4 Å². The zero-order chi connectivity index (χ0) is 12.7. The monoisotopic (exact) mass is 243 g/mol. The van der Waals surface area contributed by atoms with Crippen LogP contribution in [0, 0.1) is 0 Å². The molecule has 0 saturated carbocycles. The van der Waals surface area contributed by atoms with Crippen molar-refractivity contribution in [1.29, 1.82) is 0 Å². The molecular weight excluding hydrogens is 234 g/mol. The van der Waals surface area contributed by atoms with Crippen LogP contribution in [0.15, 0.2) is 35.0 Å². The lowest BCUT2D eigenvalue weighted by atomic mass is 10.1. The molecule has 0 amide bonds. The van der Waals surface area contributed by atoms with E-state index in [-0.39, 0.29) is 5.69 Å². The molecule has 0 aliphatic heterocycles. The number of carboxylic acids is 1. The number of carboxylic acid groups (broad SMARTS) is 1. The second kappa shape index (κ2) is 3.69. The summed E-state index contributed by atoms with van der Waals surface area (Å²) in [6, 6.07) is 6.98. The molecule has 0 atom stereocenters. The summed E-state index contributed by atoms with van der Waals surface area (Å²) in [4.78, 5) is 10.7. The molecule has 90 valence electrons. The third-order valence-electron chi connectivity index (χ3n) is 2.64. The molecule has 3 aromatic rings. The maximum atomic E-state index is 10.7. The first kappa shape index (κ1) is 10.5. The quantitative estimate of drug-likeness (QED) is 0.743. The molecule has 2 aromatic heterocycles. The Bertz CT molecular complexity index is 742. The highest BCUT2D eigenvalue weighted by atomic mass is 16.5. The van der Waals surface area contributed by atoms with Crippen molar-refractivity contribution in [3.05, 3.63) is 36.2 Å². The highest BCUT2D eigenvalue weighted by molar-refractivity contribution is 5.87. The Balaban J connectivity index is 2.09. The third-order valence-corrected chi connectivity index (χ3v) is 2.64. The van der Waals surface area contributed by atoms with Crippen molar-refractivity contribution in [3.8, 4) is 11.3 Å². The molecule has 0 fully saturated rings. The molecule has 0 spiro atoms. The van der Waals surface area contributed by atoms with Crippen LogP contribution in [0.25, 0.3) is 22.2 Å². The second-order valence-corrected chi connectivity index (χ2v) is 3.96. The molecule has 1 N–H and O–H groups in total. The summed E-state index contributed by atoms with van der Waals surface area (Å²) in [6.07, 6.45) is 1.90. The zero-order valence-electron chi connectivity index (χ0n) is 9.49. The zero-order valence-corrected chi connectivity index (χ0v) is 9.49. The summed E-state index contributed by atoms with van der Waals surface area (Å²) in [5.74, 6) is -0.691. The molecular formula is C12H9N3O3. The van der Waals surface area contributed by atoms with Crippen LogP contribution in [0.4, 0.5) is 0 Å². The minimum Gasteiger partial charge on any atom is -0.476 e. The number of benzene rings is 1. The number of nitrogens with zero attached hydrogens (tertiary/aromatic N) is 3. The molecule has 3 rings (SSSR count). The van der Waals surface area contributed by atoms with E-state index in [9.17, 15) is 4.79 Å². The Kier molecular flexibility index (Phi) is 2.16. The van der Waals surface area contributed by atoms with Crippen molar-refractivity contribution in [2.75, 3.05) is 0 Å². The molecule has 6 heteroatoms. The molecule has 2 heterocycles. The lowest BCUT2D eigenvalue weighted by Gasteiger charge is -1.94. The van der Waals surface area contributed by atoms with Crippen molar-refractivity contribution >= 4 is 16.9 Å². The second-order valence-electron chi connectivity index (χ2n) is 3.96. The SMILES string of the molecule is Cn1cc2ccc(-c3cc(C(=O)O)no3)cc2n1. The van der Waals surface area contributed by atoms with Gasteiger partial charge in [0.2, 0.25) is 0 Å². The molecule has 6 nitrogen and oxygen atoms in total. The van der Waals surface area contributed by atoms with Gasteiger partial charge < -0.3 is 9.63 Å². The highest BCUT2D eigenvalue weighted by Gasteiger charge is 2.12. The number of aromatic nitrogens is 3. The predicted molar refractivity (Wildman–Crippen MR) is 63.2 cm³/mol. The van der Waals surface area contributed by atoms with Gasteiger partial charge in [0.1, 0.15) is 0 Å². The van der Waals surface area contributed by atoms with Gasteiger partial charge >= 0.3 is 5.97 Å². The Morgan fingerprint density at radius 3 is 2.94 bits per heavy atom. The lowest BCUT2D eigenvalue weighted by Crippen LogP contribution is -1.94. The van der Waals surface area contributed by atoms with Crippen LogP contribution in [-0.4, -0.2) is 26.0 Å². The van der Waals surface area contributed by atoms with Gasteiger partial charge in [0, 0.05) is 30.3 Å². The number of hydrogen-bond donors (Lipinski definition) is 1. The standard InChI is InChI=1S/C12H9N3O3/c1-15-6-8-3-2-7(4-9(8)13-15)11-5-10(12(16)17)14-18-11/h2-6H,1H3,(H,16,17). The van der Waals surface area contributed by atoms with Crippen LogP contribution in [0.3, 0.4) is 0 Å². The molecule has 0 radical (unpaired) electrons. The van der Waals surface area contributed by atoms with Crippen LogP contribution in [0.2, 0.25) is 0 Å². The fourth-order valence-corrected chi connectivity index (χ4v) is 1.80. The smallest absolute Gasteiger partial charge is 0.358 e. The fraction of sp³-hybridized carbons (Fsp3) is 0.0833. The van der Waals surface area contributed by atoms with Gasteiger partial charge in [0.25, 0.3) is 0 Å². The van der Waals surface area contributed by atoms with Crippen LogP contribution in [0.1, 0.15) is 10.5 Å². The van der Waals surface area contributed by atoms with Crippen molar-refractivity contribution in [1.82, 2.24) is 14.9 Å². The maximum absolute atomic E-state index is 10.7. The number of fused-ring (bicyclic) bond motifs is 1. The summed E-state index contributed by atoms with van der Waals surface area (Å²) < 4.78 is 6.72. The topological polar surface area (TPSA) is 81.2 Å². The van der Waals surface area contributed by atoms with E-state index < -0.39 is 5.97 Å².